The van der Waals surface area contributed by atoms with Gasteiger partial charge in [-0.05, 0) is 151 Å². The summed E-state index contributed by atoms with van der Waals surface area (Å²) in [5.41, 5.74) is 2.22. The number of nitrogens with zero attached hydrogens (tertiary/aromatic N) is 1. The molecule has 0 spiro atoms. The summed E-state index contributed by atoms with van der Waals surface area (Å²) in [6.07, 6.45) is 26.0. The number of rotatable bonds is 25. The van der Waals surface area contributed by atoms with Crippen LogP contribution >= 0.6 is 21.6 Å². The molecular weight excluding hydrogens is 775 g/mol. The van der Waals surface area contributed by atoms with Crippen molar-refractivity contribution in [2.24, 2.45) is 46.3 Å². The molecule has 4 aliphatic carbocycles. The number of fused-ring (bicyclic) bond motifs is 5. The first-order valence-corrected chi connectivity index (χ1v) is 26.6. The number of ether oxygens (including phenoxy) is 1. The average molecular weight is 862 g/mol. The maximum absolute atomic E-state index is 13.4. The normalized spacial score (nSPS) is 28.2. The first-order chi connectivity index (χ1) is 28.0. The van der Waals surface area contributed by atoms with Crippen molar-refractivity contribution < 1.29 is 24.2 Å². The van der Waals surface area contributed by atoms with E-state index in [1.807, 2.05) is 36.5 Å². The molecule has 0 aromatic rings. The van der Waals surface area contributed by atoms with E-state index in [2.05, 4.69) is 62.1 Å². The molecule has 340 valence electrons. The third-order valence-electron chi connectivity index (χ3n) is 15.1. The van der Waals surface area contributed by atoms with Gasteiger partial charge in [-0.1, -0.05) is 113 Å². The predicted octanol–water partition coefficient (Wildman–Crippen LogP) is 13.3. The molecule has 0 saturated heterocycles. The van der Waals surface area contributed by atoms with Crippen molar-refractivity contribution in [1.29, 1.82) is 0 Å². The number of carbonyl (C=O) groups excluding carboxylic acids is 2. The van der Waals surface area contributed by atoms with Crippen LogP contribution in [0.15, 0.2) is 11.6 Å². The zero-order chi connectivity index (χ0) is 43.1. The van der Waals surface area contributed by atoms with Gasteiger partial charge in [0.15, 0.2) is 0 Å². The Morgan fingerprint density at radius 3 is 2.29 bits per heavy atom. The SMILES string of the molecule is CC(C)CCCC(C)[C@H]1CC[C@H]2[C@@H]3CC=C4C[C@@H](SSCCCCC(=O)N(CCCCCCCCNC(=O)O)CCCNC(=O)OC(C)(C)C)CC[C@]4(C)[C@H]3CC[C@]12C. The lowest BCUT2D eigenvalue weighted by Gasteiger charge is -2.58. The Labute approximate surface area is 368 Å². The molecule has 0 aromatic carbocycles. The summed E-state index contributed by atoms with van der Waals surface area (Å²) in [5, 5.41) is 14.7. The summed E-state index contributed by atoms with van der Waals surface area (Å²) in [7, 11) is 4.15. The van der Waals surface area contributed by atoms with Crippen LogP contribution in [0.4, 0.5) is 9.59 Å². The lowest BCUT2D eigenvalue weighted by Crippen LogP contribution is -2.50. The highest BCUT2D eigenvalue weighted by Crippen LogP contribution is 2.67. The molecule has 3 amide bonds. The molecule has 0 radical (unpaired) electrons. The quantitative estimate of drug-likeness (QED) is 0.0477. The van der Waals surface area contributed by atoms with Crippen molar-refractivity contribution in [3.8, 4) is 0 Å². The molecule has 8 atom stereocenters. The molecule has 3 saturated carbocycles. The number of alkyl carbamates (subject to hydrolysis) is 1. The molecule has 0 aliphatic heterocycles. The number of unbranched alkanes of at least 4 members (excludes halogenated alkanes) is 6. The minimum Gasteiger partial charge on any atom is -0.465 e. The van der Waals surface area contributed by atoms with E-state index < -0.39 is 17.8 Å². The van der Waals surface area contributed by atoms with Crippen LogP contribution in [-0.4, -0.2) is 70.9 Å². The van der Waals surface area contributed by atoms with Crippen molar-refractivity contribution in [2.75, 3.05) is 31.9 Å². The van der Waals surface area contributed by atoms with E-state index >= 15 is 0 Å². The summed E-state index contributed by atoms with van der Waals surface area (Å²) < 4.78 is 5.37. The summed E-state index contributed by atoms with van der Waals surface area (Å²) in [4.78, 5) is 38.2. The van der Waals surface area contributed by atoms with Crippen molar-refractivity contribution in [1.82, 2.24) is 15.5 Å². The van der Waals surface area contributed by atoms with Crippen LogP contribution < -0.4 is 10.6 Å². The van der Waals surface area contributed by atoms with E-state index in [0.29, 0.717) is 48.6 Å². The van der Waals surface area contributed by atoms with Gasteiger partial charge in [0.25, 0.3) is 0 Å². The Bertz CT molecular complexity index is 1340. The molecule has 0 heterocycles. The molecule has 4 aliphatic rings. The largest absolute Gasteiger partial charge is 0.465 e. The molecule has 3 fully saturated rings. The zero-order valence-electron chi connectivity index (χ0n) is 38.8. The van der Waals surface area contributed by atoms with Gasteiger partial charge in [0.1, 0.15) is 5.60 Å². The van der Waals surface area contributed by atoms with Gasteiger partial charge in [0.2, 0.25) is 5.91 Å². The van der Waals surface area contributed by atoms with Gasteiger partial charge >= 0.3 is 12.2 Å². The van der Waals surface area contributed by atoms with E-state index in [1.165, 1.54) is 70.6 Å². The third-order valence-corrected chi connectivity index (χ3v) is 18.1. The summed E-state index contributed by atoms with van der Waals surface area (Å²) in [5.74, 6) is 6.64. The van der Waals surface area contributed by atoms with Gasteiger partial charge in [0, 0.05) is 43.6 Å². The van der Waals surface area contributed by atoms with Gasteiger partial charge < -0.3 is 25.4 Å². The molecular formula is C49H87N3O5S2. The maximum Gasteiger partial charge on any atom is 0.407 e. The predicted molar refractivity (Wildman–Crippen MR) is 250 cm³/mol. The first-order valence-electron chi connectivity index (χ1n) is 24.2. The second kappa shape index (κ2) is 24.3. The van der Waals surface area contributed by atoms with Gasteiger partial charge in [-0.2, -0.15) is 0 Å². The van der Waals surface area contributed by atoms with E-state index in [-0.39, 0.29) is 5.91 Å². The van der Waals surface area contributed by atoms with Crippen LogP contribution in [0.25, 0.3) is 0 Å². The summed E-state index contributed by atoms with van der Waals surface area (Å²) in [6.45, 7) is 20.7. The number of carbonyl (C=O) groups is 3. The van der Waals surface area contributed by atoms with Crippen LogP contribution in [0.2, 0.25) is 0 Å². The smallest absolute Gasteiger partial charge is 0.407 e. The molecule has 8 nitrogen and oxygen atoms in total. The second-order valence-electron chi connectivity index (χ2n) is 21.0. The fourth-order valence-corrected chi connectivity index (χ4v) is 14.7. The molecule has 3 N–H and O–H groups in total. The van der Waals surface area contributed by atoms with E-state index in [1.54, 1.807) is 5.57 Å². The van der Waals surface area contributed by atoms with Crippen LogP contribution in [-0.2, 0) is 9.53 Å². The Morgan fingerprint density at radius 1 is 0.847 bits per heavy atom. The van der Waals surface area contributed by atoms with Crippen molar-refractivity contribution >= 4 is 39.7 Å². The molecule has 0 aromatic heterocycles. The van der Waals surface area contributed by atoms with Crippen LogP contribution in [0, 0.1) is 46.3 Å². The molecule has 59 heavy (non-hydrogen) atoms. The minimum atomic E-state index is -0.962. The highest BCUT2D eigenvalue weighted by atomic mass is 33.1. The van der Waals surface area contributed by atoms with Crippen LogP contribution in [0.1, 0.15) is 190 Å². The van der Waals surface area contributed by atoms with E-state index in [4.69, 9.17) is 9.84 Å². The Kier molecular flexibility index (Phi) is 20.7. The average Bonchev–Trinajstić information content (AvgIpc) is 3.52. The fraction of sp³-hybridized carbons (Fsp3) is 0.898. The highest BCUT2D eigenvalue weighted by molar-refractivity contribution is 8.76. The minimum absolute atomic E-state index is 0.223. The molecule has 1 unspecified atom stereocenters. The lowest BCUT2D eigenvalue weighted by molar-refractivity contribution is -0.131. The fourth-order valence-electron chi connectivity index (χ4n) is 11.9. The summed E-state index contributed by atoms with van der Waals surface area (Å²) in [6, 6.07) is 0. The Hall–Kier alpha value is -1.55. The monoisotopic (exact) mass is 862 g/mol. The van der Waals surface area contributed by atoms with Crippen molar-refractivity contribution in [3.05, 3.63) is 11.6 Å². The Balaban J connectivity index is 1.16. The number of allylic oxidation sites excluding steroid dienone is 2. The number of hydrogen-bond acceptors (Lipinski definition) is 6. The van der Waals surface area contributed by atoms with Crippen LogP contribution in [0.5, 0.6) is 0 Å². The van der Waals surface area contributed by atoms with Gasteiger partial charge in [-0.25, -0.2) is 9.59 Å². The second-order valence-corrected chi connectivity index (χ2v) is 23.8. The zero-order valence-corrected chi connectivity index (χ0v) is 40.5. The molecule has 10 heteroatoms. The van der Waals surface area contributed by atoms with Gasteiger partial charge in [-0.3, -0.25) is 4.79 Å². The highest BCUT2D eigenvalue weighted by Gasteiger charge is 2.59. The molecule has 0 bridgehead atoms. The van der Waals surface area contributed by atoms with E-state index in [0.717, 1.165) is 99.2 Å². The number of nitrogens with one attached hydrogen (secondary N) is 2. The van der Waals surface area contributed by atoms with Gasteiger partial charge in [-0.15, -0.1) is 0 Å². The summed E-state index contributed by atoms with van der Waals surface area (Å²) >= 11 is 0. The van der Waals surface area contributed by atoms with E-state index in [9.17, 15) is 14.4 Å². The third kappa shape index (κ3) is 15.6. The molecule has 4 rings (SSSR count). The topological polar surface area (TPSA) is 108 Å². The standard InChI is InChI=1S/C49H87N3O5S2/c1-36(2)19-17-20-37(3)41-24-25-42-40-23-22-38-35-39(26-28-48(38,7)43(40)27-29-49(41,42)8)59-58-34-16-13-21-44(53)52(33-18-31-51-46(56)57-47(4,5)6)32-15-12-10-9-11-14-30-50-45(54)55/h22,36-37,39-43,50H,9-21,23-35H2,1-8H3,(H,51,56)(H,54,55)/t37?,39-,40-,41+,42-,43-,48-,49+/m0/s1. The lowest BCUT2D eigenvalue weighted by atomic mass is 9.47. The number of carboxylic acid groups (broad SMARTS) is 1. The van der Waals surface area contributed by atoms with Crippen molar-refractivity contribution in [3.63, 3.8) is 0 Å². The number of hydrogen-bond donors (Lipinski definition) is 3. The van der Waals surface area contributed by atoms with Crippen molar-refractivity contribution in [2.45, 2.75) is 201 Å². The number of amides is 3. The Morgan fingerprint density at radius 2 is 1.56 bits per heavy atom. The van der Waals surface area contributed by atoms with Crippen LogP contribution in [0.3, 0.4) is 0 Å². The van der Waals surface area contributed by atoms with Gasteiger partial charge in [0.05, 0.1) is 0 Å². The first kappa shape index (κ1) is 50.1. The maximum atomic E-state index is 13.4.